The van der Waals surface area contributed by atoms with E-state index in [2.05, 4.69) is 10.1 Å². The Morgan fingerprint density at radius 1 is 1.03 bits per heavy atom. The lowest BCUT2D eigenvalue weighted by Crippen LogP contribution is -2.30. The molecular formula is C21H26N4O3S. The molecule has 0 fully saturated rings. The van der Waals surface area contributed by atoms with Gasteiger partial charge in [-0.15, -0.1) is 0 Å². The lowest BCUT2D eigenvalue weighted by Gasteiger charge is -2.23. The molecule has 0 bridgehead atoms. The van der Waals surface area contributed by atoms with Crippen LogP contribution in [0.15, 0.2) is 34.4 Å². The van der Waals surface area contributed by atoms with Crippen molar-refractivity contribution in [3.63, 3.8) is 0 Å². The molecule has 0 saturated heterocycles. The molecule has 0 unspecified atom stereocenters. The second-order valence-corrected chi connectivity index (χ2v) is 7.66. The van der Waals surface area contributed by atoms with Gasteiger partial charge in [-0.3, -0.25) is 14.2 Å². The van der Waals surface area contributed by atoms with Crippen LogP contribution in [-0.2, 0) is 4.79 Å². The number of amides is 1. The summed E-state index contributed by atoms with van der Waals surface area (Å²) in [6, 6.07) is 7.57. The van der Waals surface area contributed by atoms with Crippen LogP contribution in [0.2, 0.25) is 0 Å². The largest absolute Gasteiger partial charge is 0.494 e. The van der Waals surface area contributed by atoms with E-state index >= 15 is 0 Å². The van der Waals surface area contributed by atoms with Gasteiger partial charge in [-0.2, -0.15) is 10.1 Å². The molecule has 1 aliphatic heterocycles. The molecule has 0 atom stereocenters. The fraction of sp³-hybridized carbons (Fsp3) is 0.429. The van der Waals surface area contributed by atoms with Crippen LogP contribution in [0.5, 0.6) is 5.75 Å². The minimum absolute atomic E-state index is 0.0258. The molecular weight excluding hydrogens is 388 g/mol. The number of rotatable bonds is 7. The summed E-state index contributed by atoms with van der Waals surface area (Å²) in [4.78, 5) is 30.0. The van der Waals surface area contributed by atoms with Crippen molar-refractivity contribution < 1.29 is 14.3 Å². The average Bonchev–Trinajstić information content (AvgIpc) is 3.04. The van der Waals surface area contributed by atoms with Crippen LogP contribution in [0.1, 0.15) is 62.6 Å². The van der Waals surface area contributed by atoms with Crippen LogP contribution < -0.4 is 9.75 Å². The summed E-state index contributed by atoms with van der Waals surface area (Å²) >= 11 is 1.37. The van der Waals surface area contributed by atoms with Crippen molar-refractivity contribution in [1.29, 1.82) is 0 Å². The number of nitrogens with zero attached hydrogens (tertiary/aromatic N) is 4. The number of benzene rings is 1. The van der Waals surface area contributed by atoms with Crippen LogP contribution in [0.4, 0.5) is 5.82 Å². The van der Waals surface area contributed by atoms with Gasteiger partial charge in [0.05, 0.1) is 6.61 Å². The lowest BCUT2D eigenvalue weighted by molar-refractivity contribution is -0.118. The number of hydrogen-bond acceptors (Lipinski definition) is 6. The predicted molar refractivity (Wildman–Crippen MR) is 115 cm³/mol. The maximum atomic E-state index is 12.7. The van der Waals surface area contributed by atoms with Crippen molar-refractivity contribution in [2.24, 2.45) is 5.10 Å². The van der Waals surface area contributed by atoms with Crippen molar-refractivity contribution in [1.82, 2.24) is 9.55 Å². The number of aryl methyl sites for hydroxylation is 1. The summed E-state index contributed by atoms with van der Waals surface area (Å²) in [5, 5.41) is 7.23. The number of carbonyl (C=O) groups excluding carboxylic acids is 2. The van der Waals surface area contributed by atoms with Gasteiger partial charge in [-0.05, 0) is 62.7 Å². The van der Waals surface area contributed by atoms with E-state index in [1.165, 1.54) is 16.8 Å². The Bertz CT molecular complexity index is 934. The fourth-order valence-corrected chi connectivity index (χ4v) is 4.18. The van der Waals surface area contributed by atoms with E-state index in [0.717, 1.165) is 17.7 Å². The van der Waals surface area contributed by atoms with E-state index < -0.39 is 0 Å². The van der Waals surface area contributed by atoms with Gasteiger partial charge in [0, 0.05) is 18.4 Å². The van der Waals surface area contributed by atoms with E-state index in [0.29, 0.717) is 47.6 Å². The predicted octanol–water partition coefficient (Wildman–Crippen LogP) is 4.63. The highest BCUT2D eigenvalue weighted by atomic mass is 32.2. The van der Waals surface area contributed by atoms with Crippen LogP contribution in [0, 0.1) is 6.92 Å². The fourth-order valence-electron chi connectivity index (χ4n) is 3.07. The third-order valence-corrected chi connectivity index (χ3v) is 5.47. The molecule has 3 rings (SSSR count). The number of hydrogen-bond donors (Lipinski definition) is 0. The van der Waals surface area contributed by atoms with Gasteiger partial charge in [-0.25, -0.2) is 4.98 Å². The van der Waals surface area contributed by atoms with Gasteiger partial charge < -0.3 is 4.74 Å². The third kappa shape index (κ3) is 4.37. The SMILES string of the molecule is CCCC(=O)N1N=C(c2ccc(OCC)cc2)Sc2c1nc(C)n2C(=O)CCC. The van der Waals surface area contributed by atoms with Crippen LogP contribution >= 0.6 is 11.8 Å². The number of hydrazone groups is 1. The zero-order chi connectivity index (χ0) is 21.0. The van der Waals surface area contributed by atoms with Crippen molar-refractivity contribution >= 4 is 34.4 Å². The summed E-state index contributed by atoms with van der Waals surface area (Å²) < 4.78 is 7.12. The van der Waals surface area contributed by atoms with Crippen LogP contribution in [0.3, 0.4) is 0 Å². The van der Waals surface area contributed by atoms with E-state index in [1.54, 1.807) is 11.5 Å². The highest BCUT2D eigenvalue weighted by Crippen LogP contribution is 2.39. The monoisotopic (exact) mass is 414 g/mol. The highest BCUT2D eigenvalue weighted by Gasteiger charge is 2.32. The molecule has 2 heterocycles. The Kier molecular flexibility index (Phi) is 6.74. The summed E-state index contributed by atoms with van der Waals surface area (Å²) in [5.74, 6) is 1.62. The first-order valence-electron chi connectivity index (χ1n) is 9.95. The zero-order valence-electron chi connectivity index (χ0n) is 17.3. The van der Waals surface area contributed by atoms with Gasteiger partial charge >= 0.3 is 0 Å². The number of carbonyl (C=O) groups is 2. The van der Waals surface area contributed by atoms with Gasteiger partial charge in [0.2, 0.25) is 11.8 Å². The molecule has 0 radical (unpaired) electrons. The Morgan fingerprint density at radius 3 is 2.31 bits per heavy atom. The minimum Gasteiger partial charge on any atom is -0.494 e. The number of anilines is 1. The Hall–Kier alpha value is -2.61. The van der Waals surface area contributed by atoms with Crippen molar-refractivity contribution in [2.45, 2.75) is 58.4 Å². The van der Waals surface area contributed by atoms with Gasteiger partial charge in [-0.1, -0.05) is 13.8 Å². The van der Waals surface area contributed by atoms with Crippen LogP contribution in [0.25, 0.3) is 0 Å². The molecule has 2 aromatic rings. The Balaban J connectivity index is 2.05. The van der Waals surface area contributed by atoms with Crippen molar-refractivity contribution in [3.8, 4) is 5.75 Å². The maximum absolute atomic E-state index is 12.7. The molecule has 0 spiro atoms. The van der Waals surface area contributed by atoms with Gasteiger partial charge in [0.25, 0.3) is 0 Å². The van der Waals surface area contributed by atoms with Crippen LogP contribution in [-0.4, -0.2) is 33.0 Å². The molecule has 0 N–H and O–H groups in total. The molecule has 0 aliphatic carbocycles. The number of aromatic nitrogens is 2. The van der Waals surface area contributed by atoms with E-state index in [-0.39, 0.29) is 11.8 Å². The van der Waals surface area contributed by atoms with Gasteiger partial charge in [0.15, 0.2) is 5.82 Å². The Morgan fingerprint density at radius 2 is 1.69 bits per heavy atom. The van der Waals surface area contributed by atoms with E-state index in [1.807, 2.05) is 45.0 Å². The number of thioether (sulfide) groups is 1. The topological polar surface area (TPSA) is 76.8 Å². The molecule has 154 valence electrons. The molecule has 8 heteroatoms. The summed E-state index contributed by atoms with van der Waals surface area (Å²) in [6.45, 7) is 8.22. The van der Waals surface area contributed by atoms with E-state index in [9.17, 15) is 9.59 Å². The smallest absolute Gasteiger partial charge is 0.248 e. The molecule has 0 saturated carbocycles. The second kappa shape index (κ2) is 9.26. The first-order chi connectivity index (χ1) is 14.0. The summed E-state index contributed by atoms with van der Waals surface area (Å²) in [5.41, 5.74) is 0.853. The number of imidazole rings is 1. The number of ether oxygens (including phenoxy) is 1. The standard InChI is InChI=1S/C21H26N4O3S/c1-5-8-17(26)24-14(4)22-19-21(24)29-20(23-25(19)18(27)9-6-2)15-10-12-16(13-11-15)28-7-3/h10-13H,5-9H2,1-4H3. The molecule has 1 amide bonds. The minimum atomic E-state index is -0.134. The molecule has 1 aromatic carbocycles. The Labute approximate surface area is 175 Å². The quantitative estimate of drug-likeness (QED) is 0.660. The zero-order valence-corrected chi connectivity index (χ0v) is 18.1. The number of fused-ring (bicyclic) bond motifs is 1. The normalized spacial score (nSPS) is 13.1. The maximum Gasteiger partial charge on any atom is 0.248 e. The van der Waals surface area contributed by atoms with Crippen molar-refractivity contribution in [3.05, 3.63) is 35.7 Å². The summed E-state index contributed by atoms with van der Waals surface area (Å²) in [6.07, 6.45) is 2.23. The first-order valence-corrected chi connectivity index (χ1v) is 10.8. The summed E-state index contributed by atoms with van der Waals surface area (Å²) in [7, 11) is 0. The van der Waals surface area contributed by atoms with Gasteiger partial charge in [0.1, 0.15) is 21.6 Å². The molecule has 1 aromatic heterocycles. The average molecular weight is 415 g/mol. The third-order valence-electron chi connectivity index (χ3n) is 4.40. The van der Waals surface area contributed by atoms with E-state index in [4.69, 9.17) is 4.74 Å². The molecule has 29 heavy (non-hydrogen) atoms. The molecule has 7 nitrogen and oxygen atoms in total. The highest BCUT2D eigenvalue weighted by molar-refractivity contribution is 8.14. The first kappa shape index (κ1) is 21.1. The van der Waals surface area contributed by atoms with Crippen molar-refractivity contribution in [2.75, 3.05) is 11.6 Å². The lowest BCUT2D eigenvalue weighted by atomic mass is 10.2. The molecule has 1 aliphatic rings. The second-order valence-electron chi connectivity index (χ2n) is 6.69.